The maximum Gasteiger partial charge on any atom is 0.375 e. The Hall–Kier alpha value is -3.68. The van der Waals surface area contributed by atoms with Gasteiger partial charge in [0.05, 0.1) is 7.11 Å². The Morgan fingerprint density at radius 1 is 1.10 bits per heavy atom. The summed E-state index contributed by atoms with van der Waals surface area (Å²) in [5.74, 6) is 0.0385. The number of carbonyl (C=O) groups is 1. The van der Waals surface area contributed by atoms with Gasteiger partial charge in [-0.2, -0.15) is 0 Å². The fraction of sp³-hybridized carbons (Fsp3) is 0.190. The first-order chi connectivity index (χ1) is 14.0. The van der Waals surface area contributed by atoms with Crippen molar-refractivity contribution in [2.45, 2.75) is 20.0 Å². The molecule has 2 aromatic carbocycles. The summed E-state index contributed by atoms with van der Waals surface area (Å²) in [6, 6.07) is 11.2. The lowest BCUT2D eigenvalue weighted by Crippen LogP contribution is -2.09. The van der Waals surface area contributed by atoms with Gasteiger partial charge in [0.1, 0.15) is 17.1 Å². The van der Waals surface area contributed by atoms with Crippen molar-refractivity contribution >= 4 is 16.9 Å². The second-order valence-corrected chi connectivity index (χ2v) is 6.42. The molecule has 0 bridgehead atoms. The van der Waals surface area contributed by atoms with E-state index in [0.29, 0.717) is 33.7 Å². The van der Waals surface area contributed by atoms with Crippen LogP contribution in [-0.2, 0) is 4.74 Å². The number of aryl methyl sites for hydroxylation is 1. The molecule has 2 heterocycles. The van der Waals surface area contributed by atoms with Gasteiger partial charge in [-0.15, -0.1) is 10.2 Å². The zero-order valence-electron chi connectivity index (χ0n) is 15.9. The number of carbonyl (C=O) groups excluding carboxylic acids is 1. The van der Waals surface area contributed by atoms with E-state index >= 15 is 0 Å². The lowest BCUT2D eigenvalue weighted by Gasteiger charge is -2.08. The van der Waals surface area contributed by atoms with Crippen LogP contribution in [0.4, 0.5) is 4.39 Å². The molecule has 0 aliphatic carbocycles. The Morgan fingerprint density at radius 3 is 2.59 bits per heavy atom. The van der Waals surface area contributed by atoms with Gasteiger partial charge < -0.3 is 18.3 Å². The molecule has 8 heteroatoms. The molecule has 7 nitrogen and oxygen atoms in total. The number of furan rings is 1. The summed E-state index contributed by atoms with van der Waals surface area (Å²) in [5, 5.41) is 8.46. The zero-order valence-corrected chi connectivity index (χ0v) is 15.9. The Kier molecular flexibility index (Phi) is 4.75. The van der Waals surface area contributed by atoms with Gasteiger partial charge in [-0.05, 0) is 56.3 Å². The number of fused-ring (bicyclic) bond motifs is 1. The Labute approximate surface area is 165 Å². The molecule has 2 aromatic heterocycles. The number of aromatic nitrogens is 2. The zero-order chi connectivity index (χ0) is 20.5. The van der Waals surface area contributed by atoms with Crippen LogP contribution in [0.1, 0.15) is 35.0 Å². The number of esters is 1. The molecular weight excluding hydrogens is 379 g/mol. The van der Waals surface area contributed by atoms with Crippen LogP contribution in [0, 0.1) is 12.7 Å². The van der Waals surface area contributed by atoms with E-state index in [4.69, 9.17) is 18.3 Å². The van der Waals surface area contributed by atoms with E-state index in [1.807, 2.05) is 0 Å². The molecule has 1 atom stereocenters. The van der Waals surface area contributed by atoms with Gasteiger partial charge in [-0.1, -0.05) is 0 Å². The molecule has 0 aliphatic heterocycles. The molecule has 29 heavy (non-hydrogen) atoms. The fourth-order valence-electron chi connectivity index (χ4n) is 2.90. The summed E-state index contributed by atoms with van der Waals surface area (Å²) >= 11 is 0. The summed E-state index contributed by atoms with van der Waals surface area (Å²) < 4.78 is 35.1. The third-order valence-electron chi connectivity index (χ3n) is 4.49. The van der Waals surface area contributed by atoms with Crippen LogP contribution >= 0.6 is 0 Å². The van der Waals surface area contributed by atoms with Crippen molar-refractivity contribution in [3.63, 3.8) is 0 Å². The van der Waals surface area contributed by atoms with Crippen LogP contribution in [-0.4, -0.2) is 23.3 Å². The number of benzene rings is 2. The smallest absolute Gasteiger partial charge is 0.375 e. The van der Waals surface area contributed by atoms with Crippen LogP contribution < -0.4 is 4.74 Å². The van der Waals surface area contributed by atoms with Crippen LogP contribution in [0.25, 0.3) is 22.4 Å². The van der Waals surface area contributed by atoms with Gasteiger partial charge in [-0.3, -0.25) is 0 Å². The van der Waals surface area contributed by atoms with Gasteiger partial charge in [0.15, 0.2) is 6.10 Å². The molecule has 0 unspecified atom stereocenters. The first kappa shape index (κ1) is 18.7. The third-order valence-corrected chi connectivity index (χ3v) is 4.49. The van der Waals surface area contributed by atoms with Gasteiger partial charge >= 0.3 is 5.97 Å². The number of ether oxygens (including phenoxy) is 2. The maximum atomic E-state index is 13.5. The topological polar surface area (TPSA) is 87.6 Å². The van der Waals surface area contributed by atoms with Gasteiger partial charge in [0.2, 0.25) is 11.7 Å². The first-order valence-corrected chi connectivity index (χ1v) is 8.83. The molecule has 0 spiro atoms. The molecule has 0 amide bonds. The normalized spacial score (nSPS) is 12.1. The van der Waals surface area contributed by atoms with Gasteiger partial charge in [0.25, 0.3) is 5.89 Å². The van der Waals surface area contributed by atoms with Crippen molar-refractivity contribution in [1.82, 2.24) is 10.2 Å². The quantitative estimate of drug-likeness (QED) is 0.445. The average molecular weight is 396 g/mol. The van der Waals surface area contributed by atoms with Crippen LogP contribution in [0.2, 0.25) is 0 Å². The molecule has 4 aromatic rings. The van der Waals surface area contributed by atoms with Crippen molar-refractivity contribution in [1.29, 1.82) is 0 Å². The molecule has 0 saturated carbocycles. The highest BCUT2D eigenvalue weighted by molar-refractivity contribution is 5.95. The summed E-state index contributed by atoms with van der Waals surface area (Å²) in [5.41, 5.74) is 1.61. The van der Waals surface area contributed by atoms with Gasteiger partial charge in [0, 0.05) is 16.5 Å². The van der Waals surface area contributed by atoms with E-state index in [1.165, 1.54) is 18.2 Å². The molecule has 0 N–H and O–H groups in total. The largest absolute Gasteiger partial charge is 0.497 e. The number of hydrogen-bond donors (Lipinski definition) is 0. The van der Waals surface area contributed by atoms with E-state index < -0.39 is 17.9 Å². The minimum atomic E-state index is -0.800. The second kappa shape index (κ2) is 7.38. The second-order valence-electron chi connectivity index (χ2n) is 6.42. The van der Waals surface area contributed by atoms with E-state index in [-0.39, 0.29) is 11.7 Å². The molecule has 0 fully saturated rings. The van der Waals surface area contributed by atoms with E-state index in [2.05, 4.69) is 10.2 Å². The highest BCUT2D eigenvalue weighted by atomic mass is 19.1. The van der Waals surface area contributed by atoms with E-state index in [9.17, 15) is 9.18 Å². The first-order valence-electron chi connectivity index (χ1n) is 8.83. The van der Waals surface area contributed by atoms with Crippen LogP contribution in [0.5, 0.6) is 5.75 Å². The molecular formula is C21H17FN2O5. The van der Waals surface area contributed by atoms with E-state index in [0.717, 1.165) is 0 Å². The standard InChI is InChI=1S/C21H17FN2O5/c1-11-16-10-14(22)6-9-17(16)28-18(11)21(25)27-12(2)19-23-24-20(29-19)13-4-7-15(26-3)8-5-13/h4-10,12H,1-3H3/t12-/m1/s1. The summed E-state index contributed by atoms with van der Waals surface area (Å²) in [7, 11) is 1.58. The highest BCUT2D eigenvalue weighted by Gasteiger charge is 2.24. The van der Waals surface area contributed by atoms with Crippen LogP contribution in [0.3, 0.4) is 0 Å². The highest BCUT2D eigenvalue weighted by Crippen LogP contribution is 2.29. The Bertz CT molecular complexity index is 1180. The predicted octanol–water partition coefficient (Wildman–Crippen LogP) is 4.86. The van der Waals surface area contributed by atoms with Crippen molar-refractivity contribution in [2.24, 2.45) is 0 Å². The molecule has 0 aliphatic rings. The predicted molar refractivity (Wildman–Crippen MR) is 101 cm³/mol. The fourth-order valence-corrected chi connectivity index (χ4v) is 2.90. The maximum absolute atomic E-state index is 13.5. The number of nitrogens with zero attached hydrogens (tertiary/aromatic N) is 2. The Morgan fingerprint density at radius 2 is 1.86 bits per heavy atom. The van der Waals surface area contributed by atoms with Crippen LogP contribution in [0.15, 0.2) is 51.3 Å². The monoisotopic (exact) mass is 396 g/mol. The molecule has 4 rings (SSSR count). The molecule has 0 saturated heterocycles. The van der Waals surface area contributed by atoms with Gasteiger partial charge in [-0.25, -0.2) is 9.18 Å². The van der Waals surface area contributed by atoms with E-state index in [1.54, 1.807) is 45.2 Å². The summed E-state index contributed by atoms with van der Waals surface area (Å²) in [4.78, 5) is 12.5. The van der Waals surface area contributed by atoms with Crippen molar-refractivity contribution < 1.29 is 27.5 Å². The lowest BCUT2D eigenvalue weighted by molar-refractivity contribution is 0.0245. The van der Waals surface area contributed by atoms with Crippen molar-refractivity contribution in [3.05, 3.63) is 65.5 Å². The third kappa shape index (κ3) is 3.56. The number of methoxy groups -OCH3 is 1. The summed E-state index contributed by atoms with van der Waals surface area (Å²) in [6.45, 7) is 3.28. The lowest BCUT2D eigenvalue weighted by atomic mass is 10.1. The van der Waals surface area contributed by atoms with Crippen molar-refractivity contribution in [3.8, 4) is 17.2 Å². The summed E-state index contributed by atoms with van der Waals surface area (Å²) in [6.07, 6.45) is -0.800. The number of hydrogen-bond acceptors (Lipinski definition) is 7. The molecule has 148 valence electrons. The number of halogens is 1. The minimum Gasteiger partial charge on any atom is -0.497 e. The average Bonchev–Trinajstić information content (AvgIpc) is 3.34. The molecule has 0 radical (unpaired) electrons. The van der Waals surface area contributed by atoms with Crippen molar-refractivity contribution in [2.75, 3.05) is 7.11 Å². The Balaban J connectivity index is 1.52. The minimum absolute atomic E-state index is 0.00680. The SMILES string of the molecule is COc1ccc(-c2nnc([C@@H](C)OC(=O)c3oc4ccc(F)cc4c3C)o2)cc1. The number of rotatable bonds is 5.